The van der Waals surface area contributed by atoms with E-state index >= 15 is 0 Å². The van der Waals surface area contributed by atoms with Crippen LogP contribution in [0.25, 0.3) is 0 Å². The molecule has 1 heterocycles. The van der Waals surface area contributed by atoms with Crippen LogP contribution >= 0.6 is 0 Å². The summed E-state index contributed by atoms with van der Waals surface area (Å²) < 4.78 is 37.6. The van der Waals surface area contributed by atoms with Crippen LogP contribution in [-0.4, -0.2) is 24.4 Å². The Morgan fingerprint density at radius 3 is 2.42 bits per heavy atom. The molecule has 31 heavy (non-hydrogen) atoms. The number of aryl methyl sites for hydroxylation is 1. The van der Waals surface area contributed by atoms with Crippen molar-refractivity contribution in [3.05, 3.63) is 65.6 Å². The number of primary amides is 1. The average Bonchev–Trinajstić information content (AvgIpc) is 2.70. The molecular weight excluding hydrogens is 425 g/mol. The van der Waals surface area contributed by atoms with Crippen molar-refractivity contribution in [3.8, 4) is 0 Å². The van der Waals surface area contributed by atoms with E-state index < -0.39 is 21.9 Å². The van der Waals surface area contributed by atoms with E-state index in [1.54, 1.807) is 43.3 Å². The topological polar surface area (TPSA) is 165 Å². The third-order valence-electron chi connectivity index (χ3n) is 4.18. The van der Waals surface area contributed by atoms with Crippen LogP contribution in [0.4, 0.5) is 32.3 Å². The van der Waals surface area contributed by atoms with Crippen molar-refractivity contribution in [1.82, 2.24) is 15.3 Å². The summed E-state index contributed by atoms with van der Waals surface area (Å²) in [5.74, 6) is -0.714. The van der Waals surface area contributed by atoms with Gasteiger partial charge in [-0.05, 0) is 42.3 Å². The molecule has 0 spiro atoms. The summed E-state index contributed by atoms with van der Waals surface area (Å²) in [6.07, 6.45) is 0.984. The van der Waals surface area contributed by atoms with E-state index in [1.165, 1.54) is 6.07 Å². The van der Waals surface area contributed by atoms with Gasteiger partial charge < -0.3 is 21.7 Å². The second kappa shape index (κ2) is 8.93. The molecule has 0 fully saturated rings. The highest BCUT2D eigenvalue weighted by atomic mass is 32.2. The molecule has 2 aromatic carbocycles. The minimum atomic E-state index is -3.90. The van der Waals surface area contributed by atoms with Gasteiger partial charge in [0.2, 0.25) is 16.0 Å². The Labute approximate surface area is 177 Å². The number of sulfonamides is 1. The molecule has 1 aromatic heterocycles. The molecular formula is C19H20FN7O3S. The molecule has 0 aliphatic heterocycles. The number of carbonyl (C=O) groups is 1. The lowest BCUT2D eigenvalue weighted by Crippen LogP contribution is -2.28. The molecule has 0 aliphatic rings. The highest BCUT2D eigenvalue weighted by molar-refractivity contribution is 7.89. The normalized spacial score (nSPS) is 11.1. The van der Waals surface area contributed by atoms with Gasteiger partial charge in [0.1, 0.15) is 0 Å². The summed E-state index contributed by atoms with van der Waals surface area (Å²) >= 11 is 0. The summed E-state index contributed by atoms with van der Waals surface area (Å²) in [4.78, 5) is 18.7. The van der Waals surface area contributed by atoms with Gasteiger partial charge in [0.25, 0.3) is 0 Å². The quantitative estimate of drug-likeness (QED) is 0.372. The van der Waals surface area contributed by atoms with Crippen LogP contribution in [0.1, 0.15) is 11.1 Å². The van der Waals surface area contributed by atoms with Crippen molar-refractivity contribution in [2.45, 2.75) is 18.4 Å². The summed E-state index contributed by atoms with van der Waals surface area (Å²) in [5, 5.41) is 13.4. The third kappa shape index (κ3) is 5.87. The summed E-state index contributed by atoms with van der Waals surface area (Å²) in [7, 11) is -3.90. The van der Waals surface area contributed by atoms with Gasteiger partial charge in [-0.2, -0.15) is 4.98 Å². The van der Waals surface area contributed by atoms with E-state index in [4.69, 9.17) is 10.9 Å². The van der Waals surface area contributed by atoms with Crippen molar-refractivity contribution in [1.29, 1.82) is 0 Å². The Morgan fingerprint density at radius 1 is 1.10 bits per heavy atom. The zero-order valence-corrected chi connectivity index (χ0v) is 17.2. The SMILES string of the molecule is Cc1ccc(Nc2ncc(F)c(Nc3ccc(CNC(N)=O)cc3)n2)cc1S(N)(=O)=O. The predicted molar refractivity (Wildman–Crippen MR) is 114 cm³/mol. The lowest BCUT2D eigenvalue weighted by atomic mass is 10.2. The van der Waals surface area contributed by atoms with Crippen LogP contribution in [0.3, 0.4) is 0 Å². The first-order chi connectivity index (χ1) is 14.6. The highest BCUT2D eigenvalue weighted by Gasteiger charge is 2.13. The molecule has 10 nitrogen and oxygen atoms in total. The van der Waals surface area contributed by atoms with E-state index in [9.17, 15) is 17.6 Å². The van der Waals surface area contributed by atoms with Gasteiger partial charge in [-0.25, -0.2) is 27.7 Å². The van der Waals surface area contributed by atoms with Crippen LogP contribution in [0, 0.1) is 12.7 Å². The van der Waals surface area contributed by atoms with E-state index in [-0.39, 0.29) is 23.2 Å². The molecule has 3 rings (SSSR count). The number of aromatic nitrogens is 2. The van der Waals surface area contributed by atoms with Gasteiger partial charge in [-0.15, -0.1) is 0 Å². The van der Waals surface area contributed by atoms with Crippen molar-refractivity contribution >= 4 is 39.2 Å². The molecule has 0 saturated heterocycles. The van der Waals surface area contributed by atoms with Crippen molar-refractivity contribution in [2.24, 2.45) is 10.9 Å². The summed E-state index contributed by atoms with van der Waals surface area (Å²) in [5.41, 5.74) is 7.26. The number of hydrogen-bond acceptors (Lipinski definition) is 7. The molecule has 7 N–H and O–H groups in total. The molecule has 0 unspecified atom stereocenters. The Bertz CT molecular complexity index is 1220. The number of amides is 2. The molecule has 2 amide bonds. The molecule has 12 heteroatoms. The second-order valence-corrected chi connectivity index (χ2v) is 8.11. The average molecular weight is 445 g/mol. The number of rotatable bonds is 7. The van der Waals surface area contributed by atoms with Crippen molar-refractivity contribution < 1.29 is 17.6 Å². The first-order valence-electron chi connectivity index (χ1n) is 8.94. The highest BCUT2D eigenvalue weighted by Crippen LogP contribution is 2.23. The Morgan fingerprint density at radius 2 is 1.77 bits per heavy atom. The molecule has 0 bridgehead atoms. The zero-order valence-electron chi connectivity index (χ0n) is 16.4. The van der Waals surface area contributed by atoms with Crippen LogP contribution in [0.2, 0.25) is 0 Å². The van der Waals surface area contributed by atoms with Crippen molar-refractivity contribution in [3.63, 3.8) is 0 Å². The van der Waals surface area contributed by atoms with E-state index in [2.05, 4.69) is 25.9 Å². The number of hydrogen-bond donors (Lipinski definition) is 5. The van der Waals surface area contributed by atoms with Crippen LogP contribution in [-0.2, 0) is 16.6 Å². The number of nitrogens with two attached hydrogens (primary N) is 2. The van der Waals surface area contributed by atoms with Gasteiger partial charge in [-0.1, -0.05) is 18.2 Å². The fourth-order valence-electron chi connectivity index (χ4n) is 2.66. The van der Waals surface area contributed by atoms with Gasteiger partial charge in [0.15, 0.2) is 11.6 Å². The largest absolute Gasteiger partial charge is 0.352 e. The number of halogens is 1. The monoisotopic (exact) mass is 445 g/mol. The maximum Gasteiger partial charge on any atom is 0.312 e. The predicted octanol–water partition coefficient (Wildman–Crippen LogP) is 2.23. The number of urea groups is 1. The number of benzene rings is 2. The number of nitrogens with one attached hydrogen (secondary N) is 3. The minimum absolute atomic E-state index is 0.0381. The standard InChI is InChI=1S/C19H20FN7O3S/c1-11-2-5-14(8-16(11)31(22,29)30)26-19-24-10-15(20)17(27-19)25-13-6-3-12(4-7-13)9-23-18(21)28/h2-8,10H,9H2,1H3,(H3,21,23,28)(H2,22,29,30)(H2,24,25,26,27). The Balaban J connectivity index is 1.77. The second-order valence-electron chi connectivity index (χ2n) is 6.58. The van der Waals surface area contributed by atoms with Gasteiger partial charge in [0, 0.05) is 17.9 Å². The molecule has 0 aliphatic carbocycles. The van der Waals surface area contributed by atoms with Gasteiger partial charge in [-0.3, -0.25) is 0 Å². The smallest absolute Gasteiger partial charge is 0.312 e. The number of carbonyl (C=O) groups excluding carboxylic acids is 1. The lowest BCUT2D eigenvalue weighted by Gasteiger charge is -2.11. The molecule has 3 aromatic rings. The zero-order chi connectivity index (χ0) is 22.6. The van der Waals surface area contributed by atoms with Crippen LogP contribution in [0.15, 0.2) is 53.6 Å². The van der Waals surface area contributed by atoms with E-state index in [1.807, 2.05) is 0 Å². The third-order valence-corrected chi connectivity index (χ3v) is 5.23. The Hall–Kier alpha value is -3.77. The summed E-state index contributed by atoms with van der Waals surface area (Å²) in [6.45, 7) is 1.89. The first kappa shape index (κ1) is 21.9. The first-order valence-corrected chi connectivity index (χ1v) is 10.5. The maximum atomic E-state index is 14.2. The molecule has 0 radical (unpaired) electrons. The van der Waals surface area contributed by atoms with E-state index in [0.717, 1.165) is 11.8 Å². The molecule has 0 saturated carbocycles. The molecule has 162 valence electrons. The van der Waals surface area contributed by atoms with Crippen LogP contribution < -0.4 is 26.8 Å². The molecule has 0 atom stereocenters. The fourth-order valence-corrected chi connectivity index (χ4v) is 3.47. The number of anilines is 4. The van der Waals surface area contributed by atoms with Gasteiger partial charge in [0.05, 0.1) is 11.1 Å². The van der Waals surface area contributed by atoms with Gasteiger partial charge >= 0.3 is 6.03 Å². The Kier molecular flexibility index (Phi) is 6.32. The summed E-state index contributed by atoms with van der Waals surface area (Å²) in [6, 6.07) is 10.8. The number of primary sulfonamides is 1. The fraction of sp³-hybridized carbons (Fsp3) is 0.105. The van der Waals surface area contributed by atoms with E-state index in [0.29, 0.717) is 16.9 Å². The van der Waals surface area contributed by atoms with Crippen LogP contribution in [0.5, 0.6) is 0 Å². The lowest BCUT2D eigenvalue weighted by molar-refractivity contribution is 0.248. The number of nitrogens with zero attached hydrogens (tertiary/aromatic N) is 2. The minimum Gasteiger partial charge on any atom is -0.352 e. The van der Waals surface area contributed by atoms with Crippen molar-refractivity contribution in [2.75, 3.05) is 10.6 Å². The maximum absolute atomic E-state index is 14.2.